The van der Waals surface area contributed by atoms with Crippen LogP contribution in [0.2, 0.25) is 0 Å². The molecule has 0 atom stereocenters. The molecule has 3 rings (SSSR count). The lowest BCUT2D eigenvalue weighted by atomic mass is 9.81. The quantitative estimate of drug-likeness (QED) is 0.878. The van der Waals surface area contributed by atoms with Crippen molar-refractivity contribution in [3.05, 3.63) is 69.6 Å². The third kappa shape index (κ3) is 3.80. The molecule has 1 aromatic carbocycles. The summed E-state index contributed by atoms with van der Waals surface area (Å²) in [6.07, 6.45) is -2.45. The lowest BCUT2D eigenvalue weighted by Gasteiger charge is -2.39. The number of carbonyl (C=O) groups is 1. The van der Waals surface area contributed by atoms with E-state index in [1.807, 2.05) is 0 Å². The van der Waals surface area contributed by atoms with Gasteiger partial charge < -0.3 is 15.0 Å². The molecule has 8 heteroatoms. The molecule has 1 aromatic heterocycles. The van der Waals surface area contributed by atoms with Crippen LogP contribution < -0.4 is 10.9 Å². The Kier molecular flexibility index (Phi) is 4.86. The van der Waals surface area contributed by atoms with Gasteiger partial charge in [0.1, 0.15) is 0 Å². The number of nitrogens with one attached hydrogen (secondary N) is 2. The summed E-state index contributed by atoms with van der Waals surface area (Å²) < 4.78 is 44.6. The Morgan fingerprint density at radius 1 is 1.15 bits per heavy atom. The molecule has 0 spiro atoms. The third-order valence-electron chi connectivity index (χ3n) is 4.48. The molecule has 1 aliphatic heterocycles. The first-order valence-electron chi connectivity index (χ1n) is 8.07. The summed E-state index contributed by atoms with van der Waals surface area (Å²) in [5, 5.41) is 2.83. The summed E-state index contributed by atoms with van der Waals surface area (Å²) in [5.74, 6) is -0.518. The van der Waals surface area contributed by atoms with Crippen molar-refractivity contribution in [1.29, 1.82) is 0 Å². The normalized spacial score (nSPS) is 16.9. The first kappa shape index (κ1) is 18.2. The fourth-order valence-corrected chi connectivity index (χ4v) is 3.07. The second-order valence-corrected chi connectivity index (χ2v) is 6.17. The van der Waals surface area contributed by atoms with Crippen LogP contribution in [0.1, 0.15) is 34.3 Å². The van der Waals surface area contributed by atoms with E-state index in [0.717, 1.165) is 18.2 Å². The van der Waals surface area contributed by atoms with E-state index in [0.29, 0.717) is 31.6 Å². The van der Waals surface area contributed by atoms with Crippen LogP contribution in [0, 0.1) is 0 Å². The Morgan fingerprint density at radius 2 is 1.88 bits per heavy atom. The van der Waals surface area contributed by atoms with Gasteiger partial charge in [0.2, 0.25) is 5.56 Å². The fraction of sp³-hybridized carbons (Fsp3) is 0.333. The number of halogens is 3. The van der Waals surface area contributed by atoms with Gasteiger partial charge in [0.25, 0.3) is 5.91 Å². The molecule has 2 aromatic rings. The minimum Gasteiger partial charge on any atom is -0.381 e. The largest absolute Gasteiger partial charge is 0.416 e. The van der Waals surface area contributed by atoms with Gasteiger partial charge in [-0.15, -0.1) is 0 Å². The average molecular weight is 366 g/mol. The van der Waals surface area contributed by atoms with Crippen LogP contribution in [0.3, 0.4) is 0 Å². The lowest BCUT2D eigenvalue weighted by Crippen LogP contribution is -2.49. The Hall–Kier alpha value is -2.61. The highest BCUT2D eigenvalue weighted by Gasteiger charge is 2.38. The van der Waals surface area contributed by atoms with Gasteiger partial charge in [-0.1, -0.05) is 12.1 Å². The molecule has 138 valence electrons. The SMILES string of the molecule is O=C(NC1(c2cccc(C(F)(F)F)c2)CCOCC1)c1cc[nH]c(=O)c1. The van der Waals surface area contributed by atoms with Gasteiger partial charge in [-0.2, -0.15) is 13.2 Å². The van der Waals surface area contributed by atoms with Crippen molar-refractivity contribution >= 4 is 5.91 Å². The number of aromatic nitrogens is 1. The molecule has 2 heterocycles. The number of amides is 1. The lowest BCUT2D eigenvalue weighted by molar-refractivity contribution is -0.137. The Bertz CT molecular complexity index is 855. The average Bonchev–Trinajstić information content (AvgIpc) is 2.62. The maximum Gasteiger partial charge on any atom is 0.416 e. The van der Waals surface area contributed by atoms with Gasteiger partial charge in [0.15, 0.2) is 0 Å². The molecule has 0 unspecified atom stereocenters. The minimum absolute atomic E-state index is 0.145. The van der Waals surface area contributed by atoms with E-state index in [4.69, 9.17) is 4.74 Å². The number of benzene rings is 1. The van der Waals surface area contributed by atoms with Crippen molar-refractivity contribution < 1.29 is 22.7 Å². The second kappa shape index (κ2) is 6.95. The smallest absolute Gasteiger partial charge is 0.381 e. The topological polar surface area (TPSA) is 71.2 Å². The highest BCUT2D eigenvalue weighted by Crippen LogP contribution is 2.36. The summed E-state index contributed by atoms with van der Waals surface area (Å²) in [6.45, 7) is 0.623. The summed E-state index contributed by atoms with van der Waals surface area (Å²) >= 11 is 0. The van der Waals surface area contributed by atoms with Gasteiger partial charge in [-0.3, -0.25) is 9.59 Å². The van der Waals surface area contributed by atoms with Gasteiger partial charge in [0.05, 0.1) is 11.1 Å². The predicted octanol–water partition coefficient (Wildman–Crippen LogP) is 2.83. The molecule has 26 heavy (non-hydrogen) atoms. The molecular formula is C18H17F3N2O3. The van der Waals surface area contributed by atoms with Gasteiger partial charge >= 0.3 is 6.18 Å². The first-order chi connectivity index (χ1) is 12.3. The van der Waals surface area contributed by atoms with E-state index < -0.39 is 28.7 Å². The highest BCUT2D eigenvalue weighted by molar-refractivity contribution is 5.94. The Morgan fingerprint density at radius 3 is 2.54 bits per heavy atom. The van der Waals surface area contributed by atoms with Crippen molar-refractivity contribution in [2.75, 3.05) is 13.2 Å². The van der Waals surface area contributed by atoms with Crippen LogP contribution in [0.5, 0.6) is 0 Å². The van der Waals surface area contributed by atoms with E-state index in [2.05, 4.69) is 10.3 Å². The van der Waals surface area contributed by atoms with E-state index in [-0.39, 0.29) is 5.56 Å². The standard InChI is InChI=1S/C18H17F3N2O3/c19-18(20,21)14-3-1-2-13(11-14)17(5-8-26-9-6-17)23-16(25)12-4-7-22-15(24)10-12/h1-4,7,10-11H,5-6,8-9H2,(H,22,24)(H,23,25). The summed E-state index contributed by atoms with van der Waals surface area (Å²) in [4.78, 5) is 26.4. The van der Waals surface area contributed by atoms with Gasteiger partial charge in [-0.25, -0.2) is 0 Å². The number of ether oxygens (including phenoxy) is 1. The van der Waals surface area contributed by atoms with Crippen LogP contribution >= 0.6 is 0 Å². The van der Waals surface area contributed by atoms with Crippen LogP contribution in [-0.2, 0) is 16.5 Å². The minimum atomic E-state index is -4.47. The molecule has 0 saturated carbocycles. The van der Waals surface area contributed by atoms with Crippen LogP contribution in [0.15, 0.2) is 47.4 Å². The first-order valence-corrected chi connectivity index (χ1v) is 8.07. The molecule has 1 amide bonds. The van der Waals surface area contributed by atoms with E-state index in [9.17, 15) is 22.8 Å². The number of hydrogen-bond acceptors (Lipinski definition) is 3. The van der Waals surface area contributed by atoms with E-state index in [1.54, 1.807) is 6.07 Å². The molecule has 1 fully saturated rings. The molecule has 1 saturated heterocycles. The highest BCUT2D eigenvalue weighted by atomic mass is 19.4. The molecule has 0 radical (unpaired) electrons. The Labute approximate surface area is 147 Å². The fourth-order valence-electron chi connectivity index (χ4n) is 3.07. The maximum atomic E-state index is 13.1. The third-order valence-corrected chi connectivity index (χ3v) is 4.48. The number of hydrogen-bond donors (Lipinski definition) is 2. The molecule has 5 nitrogen and oxygen atoms in total. The van der Waals surface area contributed by atoms with Crippen molar-refractivity contribution in [2.24, 2.45) is 0 Å². The van der Waals surface area contributed by atoms with Crippen LogP contribution in [0.4, 0.5) is 13.2 Å². The number of carbonyl (C=O) groups excluding carboxylic acids is 1. The molecule has 0 bridgehead atoms. The van der Waals surface area contributed by atoms with Gasteiger partial charge in [0, 0.05) is 31.0 Å². The maximum absolute atomic E-state index is 13.1. The van der Waals surface area contributed by atoms with Crippen molar-refractivity contribution in [2.45, 2.75) is 24.6 Å². The zero-order valence-electron chi connectivity index (χ0n) is 13.7. The number of rotatable bonds is 3. The number of aromatic amines is 1. The van der Waals surface area contributed by atoms with Gasteiger partial charge in [-0.05, 0) is 36.6 Å². The predicted molar refractivity (Wildman–Crippen MR) is 87.7 cm³/mol. The summed E-state index contributed by atoms with van der Waals surface area (Å²) in [5.41, 5.74) is -1.68. The van der Waals surface area contributed by atoms with E-state index >= 15 is 0 Å². The van der Waals surface area contributed by atoms with Crippen LogP contribution in [0.25, 0.3) is 0 Å². The number of pyridine rings is 1. The zero-order chi connectivity index (χ0) is 18.8. The monoisotopic (exact) mass is 366 g/mol. The number of alkyl halides is 3. The summed E-state index contributed by atoms with van der Waals surface area (Å²) in [6, 6.07) is 7.54. The van der Waals surface area contributed by atoms with E-state index in [1.165, 1.54) is 18.3 Å². The van der Waals surface area contributed by atoms with Crippen molar-refractivity contribution in [3.8, 4) is 0 Å². The Balaban J connectivity index is 1.97. The molecule has 0 aliphatic carbocycles. The second-order valence-electron chi connectivity index (χ2n) is 6.17. The summed E-state index contributed by atoms with van der Waals surface area (Å²) in [7, 11) is 0. The zero-order valence-corrected chi connectivity index (χ0v) is 13.7. The number of H-pyrrole nitrogens is 1. The van der Waals surface area contributed by atoms with Crippen LogP contribution in [-0.4, -0.2) is 24.1 Å². The molecular weight excluding hydrogens is 349 g/mol. The van der Waals surface area contributed by atoms with Crippen molar-refractivity contribution in [3.63, 3.8) is 0 Å². The molecule has 2 N–H and O–H groups in total. The van der Waals surface area contributed by atoms with Crippen molar-refractivity contribution in [1.82, 2.24) is 10.3 Å². The molecule has 1 aliphatic rings.